The second-order valence-electron chi connectivity index (χ2n) is 11.2. The second kappa shape index (κ2) is 6.56. The summed E-state index contributed by atoms with van der Waals surface area (Å²) >= 11 is 0. The van der Waals surface area contributed by atoms with Gasteiger partial charge in [-0.15, -0.1) is 0 Å². The summed E-state index contributed by atoms with van der Waals surface area (Å²) in [4.78, 5) is 0. The molecule has 0 aromatic carbocycles. The summed E-state index contributed by atoms with van der Waals surface area (Å²) in [5.74, 6) is 12.3. The lowest BCUT2D eigenvalue weighted by molar-refractivity contribution is 0.105. The van der Waals surface area contributed by atoms with Crippen molar-refractivity contribution in [3.63, 3.8) is 0 Å². The van der Waals surface area contributed by atoms with Crippen LogP contribution in [-0.4, -0.2) is 0 Å². The maximum Gasteiger partial charge on any atom is -0.0349 e. The Balaban J connectivity index is 1.27. The van der Waals surface area contributed by atoms with Crippen molar-refractivity contribution < 1.29 is 0 Å². The number of hydrogen-bond donors (Lipinski definition) is 0. The Morgan fingerprint density at radius 1 is 0.800 bits per heavy atom. The maximum atomic E-state index is 2.60. The molecule has 0 radical (unpaired) electrons. The van der Waals surface area contributed by atoms with Gasteiger partial charge in [-0.05, 0) is 123 Å². The van der Waals surface area contributed by atoms with Crippen LogP contribution in [0.2, 0.25) is 0 Å². The van der Waals surface area contributed by atoms with E-state index >= 15 is 0 Å². The molecule has 0 aromatic rings. The zero-order valence-electron chi connectivity index (χ0n) is 17.1. The van der Waals surface area contributed by atoms with Crippen LogP contribution in [0.1, 0.15) is 91.4 Å². The van der Waals surface area contributed by atoms with E-state index in [1.54, 1.807) is 57.8 Å². The molecule has 11 unspecified atom stereocenters. The van der Waals surface area contributed by atoms with Crippen molar-refractivity contribution >= 4 is 0 Å². The van der Waals surface area contributed by atoms with Gasteiger partial charge in [0.25, 0.3) is 0 Å². The SMILES string of the molecule is CCC1CC1CC1C2CCC2CC1C(CC)CC1C(C)CC2CCC21. The lowest BCUT2D eigenvalue weighted by Crippen LogP contribution is -2.31. The summed E-state index contributed by atoms with van der Waals surface area (Å²) in [6.45, 7) is 7.56. The Bertz CT molecular complexity index is 480. The molecular formula is C25H42. The summed E-state index contributed by atoms with van der Waals surface area (Å²) in [6, 6.07) is 0. The molecule has 0 aliphatic heterocycles. The Hall–Kier alpha value is 0. The summed E-state index contributed by atoms with van der Waals surface area (Å²) in [5, 5.41) is 0. The smallest absolute Gasteiger partial charge is 0.0349 e. The third kappa shape index (κ3) is 2.84. The molecule has 0 N–H and O–H groups in total. The molecule has 0 spiro atoms. The Labute approximate surface area is 156 Å². The normalized spacial score (nSPS) is 54.4. The highest BCUT2D eigenvalue weighted by atomic mass is 14.6. The van der Waals surface area contributed by atoms with E-state index in [1.807, 2.05) is 0 Å². The number of hydrogen-bond acceptors (Lipinski definition) is 0. The minimum absolute atomic E-state index is 1.04. The molecule has 5 aliphatic rings. The van der Waals surface area contributed by atoms with Gasteiger partial charge in [-0.2, -0.15) is 0 Å². The highest BCUT2D eigenvalue weighted by Crippen LogP contribution is 2.62. The lowest BCUT2D eigenvalue weighted by atomic mass is 9.66. The van der Waals surface area contributed by atoms with Gasteiger partial charge in [0.1, 0.15) is 0 Å². The molecule has 0 bridgehead atoms. The Kier molecular flexibility index (Phi) is 4.49. The summed E-state index contributed by atoms with van der Waals surface area (Å²) in [6.07, 6.45) is 17.3. The molecule has 0 heteroatoms. The highest BCUT2D eigenvalue weighted by Gasteiger charge is 2.53. The van der Waals surface area contributed by atoms with Gasteiger partial charge < -0.3 is 0 Å². The summed E-state index contributed by atoms with van der Waals surface area (Å²) in [7, 11) is 0. The lowest BCUT2D eigenvalue weighted by Gasteiger charge is -2.39. The second-order valence-corrected chi connectivity index (χ2v) is 11.2. The fourth-order valence-electron chi connectivity index (χ4n) is 8.56. The molecule has 142 valence electrons. The molecule has 5 rings (SSSR count). The van der Waals surface area contributed by atoms with E-state index in [2.05, 4.69) is 20.8 Å². The van der Waals surface area contributed by atoms with Gasteiger partial charge in [0.2, 0.25) is 0 Å². The van der Waals surface area contributed by atoms with Crippen molar-refractivity contribution in [3.05, 3.63) is 0 Å². The van der Waals surface area contributed by atoms with Gasteiger partial charge >= 0.3 is 0 Å². The zero-order chi connectivity index (χ0) is 17.1. The van der Waals surface area contributed by atoms with Crippen molar-refractivity contribution in [3.8, 4) is 0 Å². The molecule has 25 heavy (non-hydrogen) atoms. The first kappa shape index (κ1) is 17.1. The number of fused-ring (bicyclic) bond motifs is 2. The van der Waals surface area contributed by atoms with Gasteiger partial charge in [-0.25, -0.2) is 0 Å². The average Bonchev–Trinajstić information content (AvgIpc) is 3.22. The molecule has 0 nitrogen and oxygen atoms in total. The largest absolute Gasteiger partial charge is 0.0651 e. The minimum atomic E-state index is 1.04. The topological polar surface area (TPSA) is 0 Å². The number of rotatable bonds is 7. The van der Waals surface area contributed by atoms with Crippen molar-refractivity contribution in [2.45, 2.75) is 91.4 Å². The van der Waals surface area contributed by atoms with Gasteiger partial charge in [0.15, 0.2) is 0 Å². The molecule has 0 heterocycles. The average molecular weight is 343 g/mol. The van der Waals surface area contributed by atoms with Crippen LogP contribution in [0.3, 0.4) is 0 Å². The minimum Gasteiger partial charge on any atom is -0.0651 e. The Morgan fingerprint density at radius 3 is 2.08 bits per heavy atom. The van der Waals surface area contributed by atoms with Crippen LogP contribution in [0, 0.1) is 65.1 Å². The van der Waals surface area contributed by atoms with Crippen LogP contribution in [-0.2, 0) is 0 Å². The van der Waals surface area contributed by atoms with E-state index in [0.717, 1.165) is 65.1 Å². The fraction of sp³-hybridized carbons (Fsp3) is 1.00. The molecule has 0 amide bonds. The molecule has 11 atom stereocenters. The van der Waals surface area contributed by atoms with Gasteiger partial charge in [-0.1, -0.05) is 33.6 Å². The maximum absolute atomic E-state index is 2.60. The van der Waals surface area contributed by atoms with E-state index in [0.29, 0.717) is 0 Å². The van der Waals surface area contributed by atoms with Crippen LogP contribution in [0.25, 0.3) is 0 Å². The van der Waals surface area contributed by atoms with E-state index in [-0.39, 0.29) is 0 Å². The zero-order valence-corrected chi connectivity index (χ0v) is 17.1. The molecule has 5 aliphatic carbocycles. The molecule has 0 aromatic heterocycles. The van der Waals surface area contributed by atoms with Crippen LogP contribution in [0.5, 0.6) is 0 Å². The quantitative estimate of drug-likeness (QED) is 0.459. The van der Waals surface area contributed by atoms with Gasteiger partial charge in [0, 0.05) is 0 Å². The van der Waals surface area contributed by atoms with Crippen LogP contribution < -0.4 is 0 Å². The molecule has 5 fully saturated rings. The summed E-state index contributed by atoms with van der Waals surface area (Å²) < 4.78 is 0. The first-order valence-electron chi connectivity index (χ1n) is 12.2. The predicted molar refractivity (Wildman–Crippen MR) is 106 cm³/mol. The molecular weight excluding hydrogens is 300 g/mol. The van der Waals surface area contributed by atoms with Crippen LogP contribution in [0.4, 0.5) is 0 Å². The van der Waals surface area contributed by atoms with Crippen LogP contribution in [0.15, 0.2) is 0 Å². The van der Waals surface area contributed by atoms with Gasteiger partial charge in [0.05, 0.1) is 0 Å². The van der Waals surface area contributed by atoms with Crippen LogP contribution >= 0.6 is 0 Å². The van der Waals surface area contributed by atoms with E-state index in [9.17, 15) is 0 Å². The van der Waals surface area contributed by atoms with Crippen molar-refractivity contribution in [2.75, 3.05) is 0 Å². The van der Waals surface area contributed by atoms with Crippen molar-refractivity contribution in [1.82, 2.24) is 0 Å². The standard InChI is InChI=1S/C25H42/c1-4-16-11-20(16)14-25-22-9-7-19(22)13-24(25)17(5-2)12-23-15(3)10-18-6-8-21(18)23/h15-25H,4-14H2,1-3H3. The third-order valence-electron chi connectivity index (χ3n) is 10.5. The monoisotopic (exact) mass is 342 g/mol. The van der Waals surface area contributed by atoms with E-state index in [4.69, 9.17) is 0 Å². The first-order chi connectivity index (χ1) is 12.2. The molecule has 5 saturated carbocycles. The summed E-state index contributed by atoms with van der Waals surface area (Å²) in [5.41, 5.74) is 0. The fourth-order valence-corrected chi connectivity index (χ4v) is 8.56. The highest BCUT2D eigenvalue weighted by molar-refractivity contribution is 5.03. The van der Waals surface area contributed by atoms with E-state index < -0.39 is 0 Å². The molecule has 0 saturated heterocycles. The van der Waals surface area contributed by atoms with E-state index in [1.165, 1.54) is 12.8 Å². The Morgan fingerprint density at radius 2 is 1.52 bits per heavy atom. The van der Waals surface area contributed by atoms with Crippen molar-refractivity contribution in [2.24, 2.45) is 65.1 Å². The van der Waals surface area contributed by atoms with Crippen molar-refractivity contribution in [1.29, 1.82) is 0 Å². The first-order valence-corrected chi connectivity index (χ1v) is 12.2. The predicted octanol–water partition coefficient (Wildman–Crippen LogP) is 7.18. The third-order valence-corrected chi connectivity index (χ3v) is 10.5. The van der Waals surface area contributed by atoms with Gasteiger partial charge in [-0.3, -0.25) is 0 Å².